The molecule has 0 fully saturated rings. The highest BCUT2D eigenvalue weighted by molar-refractivity contribution is 7.89. The van der Waals surface area contributed by atoms with Gasteiger partial charge in [-0.15, -0.1) is 0 Å². The Morgan fingerprint density at radius 1 is 1.25 bits per heavy atom. The molecule has 2 rings (SSSR count). The van der Waals surface area contributed by atoms with Gasteiger partial charge in [-0.25, -0.2) is 17.5 Å². The number of halogens is 1. The highest BCUT2D eigenvalue weighted by Crippen LogP contribution is 2.23. The molecule has 24 heavy (non-hydrogen) atoms. The predicted molar refractivity (Wildman–Crippen MR) is 84.7 cm³/mol. The standard InChI is InChI=1S/C16H16FNO5S/c1-23-13-7-5-11(6-8-13)15(10-16(19)20)18-24(21,22)14-4-2-3-12(17)9-14/h2-9,15,18H,10H2,1H3,(H,19,20). The molecule has 0 radical (unpaired) electrons. The zero-order chi connectivity index (χ0) is 17.7. The van der Waals surface area contributed by atoms with E-state index in [1.54, 1.807) is 24.3 Å². The Labute approximate surface area is 138 Å². The van der Waals surface area contributed by atoms with Gasteiger partial charge in [-0.3, -0.25) is 4.79 Å². The molecule has 0 saturated heterocycles. The zero-order valence-electron chi connectivity index (χ0n) is 12.8. The Bertz CT molecular complexity index is 821. The van der Waals surface area contributed by atoms with Crippen molar-refractivity contribution in [1.29, 1.82) is 0 Å². The van der Waals surface area contributed by atoms with Gasteiger partial charge in [-0.2, -0.15) is 0 Å². The van der Waals surface area contributed by atoms with Crippen LogP contribution in [-0.4, -0.2) is 26.6 Å². The largest absolute Gasteiger partial charge is 0.497 e. The van der Waals surface area contributed by atoms with E-state index in [0.29, 0.717) is 11.3 Å². The lowest BCUT2D eigenvalue weighted by atomic mass is 10.0. The number of sulfonamides is 1. The summed E-state index contributed by atoms with van der Waals surface area (Å²) in [5.74, 6) is -1.31. The van der Waals surface area contributed by atoms with Gasteiger partial charge in [0.15, 0.2) is 0 Å². The van der Waals surface area contributed by atoms with Crippen LogP contribution in [0.3, 0.4) is 0 Å². The van der Waals surface area contributed by atoms with Gasteiger partial charge in [0, 0.05) is 0 Å². The molecule has 0 saturated carbocycles. The summed E-state index contributed by atoms with van der Waals surface area (Å²) in [7, 11) is -2.59. The van der Waals surface area contributed by atoms with Crippen molar-refractivity contribution in [3.63, 3.8) is 0 Å². The van der Waals surface area contributed by atoms with Crippen LogP contribution < -0.4 is 9.46 Å². The first-order chi connectivity index (χ1) is 11.3. The van der Waals surface area contributed by atoms with Crippen LogP contribution in [0.4, 0.5) is 4.39 Å². The number of benzene rings is 2. The Kier molecular flexibility index (Phi) is 5.53. The molecule has 0 amide bonds. The summed E-state index contributed by atoms with van der Waals surface area (Å²) in [5.41, 5.74) is 0.457. The van der Waals surface area contributed by atoms with Crippen LogP contribution in [0.5, 0.6) is 5.75 Å². The second kappa shape index (κ2) is 7.41. The van der Waals surface area contributed by atoms with Crippen molar-refractivity contribution in [3.8, 4) is 5.75 Å². The second-order valence-electron chi connectivity index (χ2n) is 5.00. The summed E-state index contributed by atoms with van der Waals surface area (Å²) >= 11 is 0. The van der Waals surface area contributed by atoms with Gasteiger partial charge in [-0.1, -0.05) is 18.2 Å². The lowest BCUT2D eigenvalue weighted by molar-refractivity contribution is -0.137. The molecule has 2 aromatic carbocycles. The van der Waals surface area contributed by atoms with Crippen molar-refractivity contribution < 1.29 is 27.4 Å². The number of hydrogen-bond acceptors (Lipinski definition) is 4. The minimum Gasteiger partial charge on any atom is -0.497 e. The van der Waals surface area contributed by atoms with E-state index in [9.17, 15) is 17.6 Å². The molecule has 1 unspecified atom stereocenters. The van der Waals surface area contributed by atoms with Gasteiger partial charge in [0.25, 0.3) is 0 Å². The topological polar surface area (TPSA) is 92.7 Å². The van der Waals surface area contributed by atoms with Crippen LogP contribution in [0.15, 0.2) is 53.4 Å². The molecule has 8 heteroatoms. The van der Waals surface area contributed by atoms with E-state index >= 15 is 0 Å². The van der Waals surface area contributed by atoms with E-state index in [-0.39, 0.29) is 4.90 Å². The normalized spacial score (nSPS) is 12.6. The molecule has 0 aliphatic heterocycles. The third-order valence-electron chi connectivity index (χ3n) is 3.30. The maximum absolute atomic E-state index is 13.3. The lowest BCUT2D eigenvalue weighted by Gasteiger charge is -2.18. The fraction of sp³-hybridized carbons (Fsp3) is 0.188. The Morgan fingerprint density at radius 2 is 1.92 bits per heavy atom. The predicted octanol–water partition coefficient (Wildman–Crippen LogP) is 2.33. The number of carboxylic acids is 1. The van der Waals surface area contributed by atoms with Crippen LogP contribution >= 0.6 is 0 Å². The number of nitrogens with one attached hydrogen (secondary N) is 1. The van der Waals surface area contributed by atoms with E-state index in [1.807, 2.05) is 0 Å². The van der Waals surface area contributed by atoms with Gasteiger partial charge in [0.1, 0.15) is 11.6 Å². The van der Waals surface area contributed by atoms with Crippen LogP contribution in [0.1, 0.15) is 18.0 Å². The SMILES string of the molecule is COc1ccc(C(CC(=O)O)NS(=O)(=O)c2cccc(F)c2)cc1. The highest BCUT2D eigenvalue weighted by Gasteiger charge is 2.24. The number of aliphatic carboxylic acids is 1. The molecule has 0 aromatic heterocycles. The molecule has 0 spiro atoms. The molecule has 0 aliphatic carbocycles. The first-order valence-electron chi connectivity index (χ1n) is 6.95. The van der Waals surface area contributed by atoms with Crippen molar-refractivity contribution in [2.24, 2.45) is 0 Å². The smallest absolute Gasteiger partial charge is 0.305 e. The first kappa shape index (κ1) is 17.9. The van der Waals surface area contributed by atoms with E-state index in [0.717, 1.165) is 12.1 Å². The summed E-state index contributed by atoms with van der Waals surface area (Å²) in [6.07, 6.45) is -0.457. The molecule has 1 atom stereocenters. The summed E-state index contributed by atoms with van der Waals surface area (Å²) < 4.78 is 45.3. The number of carboxylic acid groups (broad SMARTS) is 1. The number of methoxy groups -OCH3 is 1. The van der Waals surface area contributed by atoms with E-state index < -0.39 is 34.3 Å². The fourth-order valence-corrected chi connectivity index (χ4v) is 3.38. The van der Waals surface area contributed by atoms with Gasteiger partial charge < -0.3 is 9.84 Å². The molecule has 2 N–H and O–H groups in total. The van der Waals surface area contributed by atoms with Crippen molar-refractivity contribution in [2.75, 3.05) is 7.11 Å². The molecular weight excluding hydrogens is 337 g/mol. The summed E-state index contributed by atoms with van der Waals surface area (Å²) in [5, 5.41) is 9.04. The molecule has 2 aromatic rings. The minimum absolute atomic E-state index is 0.272. The fourth-order valence-electron chi connectivity index (χ4n) is 2.13. The maximum atomic E-state index is 13.3. The summed E-state index contributed by atoms with van der Waals surface area (Å²) in [4.78, 5) is 10.8. The maximum Gasteiger partial charge on any atom is 0.305 e. The monoisotopic (exact) mass is 353 g/mol. The van der Waals surface area contributed by atoms with Crippen molar-refractivity contribution in [1.82, 2.24) is 4.72 Å². The lowest BCUT2D eigenvalue weighted by Crippen LogP contribution is -2.30. The van der Waals surface area contributed by atoms with Crippen LogP contribution in [0, 0.1) is 5.82 Å². The van der Waals surface area contributed by atoms with Crippen LogP contribution in [0.2, 0.25) is 0 Å². The average Bonchev–Trinajstić information content (AvgIpc) is 2.54. The first-order valence-corrected chi connectivity index (χ1v) is 8.44. The van der Waals surface area contributed by atoms with Crippen molar-refractivity contribution >= 4 is 16.0 Å². The molecule has 0 bridgehead atoms. The quantitative estimate of drug-likeness (QED) is 0.797. The van der Waals surface area contributed by atoms with Crippen molar-refractivity contribution in [3.05, 3.63) is 59.9 Å². The highest BCUT2D eigenvalue weighted by atomic mass is 32.2. The van der Waals surface area contributed by atoms with Crippen LogP contribution in [0.25, 0.3) is 0 Å². The number of carbonyl (C=O) groups is 1. The van der Waals surface area contributed by atoms with Gasteiger partial charge in [-0.05, 0) is 35.9 Å². The third-order valence-corrected chi connectivity index (χ3v) is 4.77. The Balaban J connectivity index is 2.32. The van der Waals surface area contributed by atoms with E-state index in [2.05, 4.69) is 4.72 Å². The van der Waals surface area contributed by atoms with Gasteiger partial charge >= 0.3 is 5.97 Å². The molecule has 0 heterocycles. The number of ether oxygens (including phenoxy) is 1. The number of rotatable bonds is 7. The molecular formula is C16H16FNO5S. The zero-order valence-corrected chi connectivity index (χ0v) is 13.6. The Hall–Kier alpha value is -2.45. The van der Waals surface area contributed by atoms with Crippen LogP contribution in [-0.2, 0) is 14.8 Å². The summed E-state index contributed by atoms with van der Waals surface area (Å²) in [6.45, 7) is 0. The second-order valence-corrected chi connectivity index (χ2v) is 6.72. The Morgan fingerprint density at radius 3 is 2.46 bits per heavy atom. The van der Waals surface area contributed by atoms with Crippen molar-refractivity contribution in [2.45, 2.75) is 17.4 Å². The summed E-state index contributed by atoms with van der Waals surface area (Å²) in [6, 6.07) is 9.83. The molecule has 6 nitrogen and oxygen atoms in total. The number of hydrogen-bond donors (Lipinski definition) is 2. The van der Waals surface area contributed by atoms with E-state index in [1.165, 1.54) is 19.2 Å². The minimum atomic E-state index is -4.08. The molecule has 0 aliphatic rings. The molecule has 128 valence electrons. The third kappa shape index (κ3) is 4.53. The van der Waals surface area contributed by atoms with E-state index in [4.69, 9.17) is 9.84 Å². The van der Waals surface area contributed by atoms with Gasteiger partial charge in [0.2, 0.25) is 10.0 Å². The van der Waals surface area contributed by atoms with Gasteiger partial charge in [0.05, 0.1) is 24.5 Å². The average molecular weight is 353 g/mol.